The molecule has 0 amide bonds. The number of carbonyl (C=O) groups excluding carboxylic acids is 1. The molecular weight excluding hydrogens is 288 g/mol. The lowest BCUT2D eigenvalue weighted by Crippen LogP contribution is -2.09. The number of phenols is 1. The van der Waals surface area contributed by atoms with Crippen molar-refractivity contribution in [3.63, 3.8) is 0 Å². The summed E-state index contributed by atoms with van der Waals surface area (Å²) in [4.78, 5) is 11.7. The summed E-state index contributed by atoms with van der Waals surface area (Å²) in [5.41, 5.74) is 3.24. The van der Waals surface area contributed by atoms with E-state index in [0.29, 0.717) is 29.3 Å². The Balaban J connectivity index is 2.14. The summed E-state index contributed by atoms with van der Waals surface area (Å²) in [5, 5.41) is 12.7. The first kappa shape index (κ1) is 14.6. The van der Waals surface area contributed by atoms with Gasteiger partial charge in [0.15, 0.2) is 0 Å². The van der Waals surface area contributed by atoms with Crippen LogP contribution in [0.2, 0.25) is 0 Å². The molecule has 23 heavy (non-hydrogen) atoms. The van der Waals surface area contributed by atoms with Crippen molar-refractivity contribution in [1.29, 1.82) is 0 Å². The van der Waals surface area contributed by atoms with Gasteiger partial charge in [0, 0.05) is 28.8 Å². The monoisotopic (exact) mass is 310 g/mol. The molecule has 2 aliphatic carbocycles. The average molecular weight is 310 g/mol. The van der Waals surface area contributed by atoms with Crippen molar-refractivity contribution in [3.05, 3.63) is 34.9 Å². The Labute approximate surface area is 136 Å². The first-order valence-electron chi connectivity index (χ1n) is 8.53. The minimum atomic E-state index is -0.291. The molecule has 0 aromatic heterocycles. The number of aromatic hydroxyl groups is 1. The highest BCUT2D eigenvalue weighted by Crippen LogP contribution is 2.63. The van der Waals surface area contributed by atoms with E-state index < -0.39 is 0 Å². The molecule has 2 aliphatic rings. The van der Waals surface area contributed by atoms with Crippen LogP contribution in [0.5, 0.6) is 11.5 Å². The highest BCUT2D eigenvalue weighted by Gasteiger charge is 2.47. The summed E-state index contributed by atoms with van der Waals surface area (Å²) < 4.78 is 5.72. The third-order valence-corrected chi connectivity index (χ3v) is 5.85. The number of phenolic OH excluding ortho intramolecular Hbond substituents is 1. The maximum absolute atomic E-state index is 11.7. The van der Waals surface area contributed by atoms with Gasteiger partial charge in [-0.05, 0) is 42.6 Å². The minimum absolute atomic E-state index is 0.291. The highest BCUT2D eigenvalue weighted by atomic mass is 16.5. The molecule has 0 saturated heterocycles. The lowest BCUT2D eigenvalue weighted by molar-refractivity contribution is -0.131. The van der Waals surface area contributed by atoms with Gasteiger partial charge in [0.25, 0.3) is 0 Å². The van der Waals surface area contributed by atoms with Crippen molar-refractivity contribution >= 4 is 16.7 Å². The van der Waals surface area contributed by atoms with E-state index in [1.54, 1.807) is 0 Å². The van der Waals surface area contributed by atoms with E-state index in [-0.39, 0.29) is 5.97 Å². The van der Waals surface area contributed by atoms with E-state index >= 15 is 0 Å². The second-order valence-electron chi connectivity index (χ2n) is 6.94. The number of carbonyl (C=O) groups is 1. The van der Waals surface area contributed by atoms with Crippen LogP contribution in [-0.2, 0) is 11.2 Å². The van der Waals surface area contributed by atoms with Crippen molar-refractivity contribution in [2.45, 2.75) is 51.9 Å². The van der Waals surface area contributed by atoms with Crippen molar-refractivity contribution in [2.75, 3.05) is 0 Å². The molecule has 0 spiro atoms. The molecule has 1 N–H and O–H groups in total. The Bertz CT molecular complexity index is 821. The summed E-state index contributed by atoms with van der Waals surface area (Å²) >= 11 is 0. The summed E-state index contributed by atoms with van der Waals surface area (Å²) in [5.74, 6) is 2.10. The Hall–Kier alpha value is -2.03. The Kier molecular flexibility index (Phi) is 3.15. The first-order chi connectivity index (χ1) is 11.0. The van der Waals surface area contributed by atoms with Gasteiger partial charge in [-0.2, -0.15) is 0 Å². The molecule has 2 aromatic carbocycles. The number of benzene rings is 2. The predicted molar refractivity (Wildman–Crippen MR) is 90.2 cm³/mol. The fourth-order valence-electron chi connectivity index (χ4n) is 4.86. The second-order valence-corrected chi connectivity index (χ2v) is 6.94. The van der Waals surface area contributed by atoms with E-state index in [0.717, 1.165) is 46.7 Å². The molecule has 0 radical (unpaired) electrons. The molecular formula is C20H22O3. The molecule has 2 aromatic rings. The number of ether oxygens (including phenoxy) is 1. The van der Waals surface area contributed by atoms with Crippen molar-refractivity contribution < 1.29 is 14.6 Å². The number of esters is 1. The van der Waals surface area contributed by atoms with E-state index in [9.17, 15) is 9.90 Å². The normalized spacial score (nSPS) is 24.9. The second kappa shape index (κ2) is 4.98. The Morgan fingerprint density at radius 1 is 1.26 bits per heavy atom. The number of fused-ring (bicyclic) bond motifs is 6. The van der Waals surface area contributed by atoms with Crippen LogP contribution in [0.4, 0.5) is 0 Å². The van der Waals surface area contributed by atoms with Crippen LogP contribution < -0.4 is 4.74 Å². The molecule has 0 aliphatic heterocycles. The quantitative estimate of drug-likeness (QED) is 0.649. The first-order valence-corrected chi connectivity index (χ1v) is 8.53. The molecule has 3 heteroatoms. The van der Waals surface area contributed by atoms with Gasteiger partial charge in [0.05, 0.1) is 0 Å². The molecule has 2 bridgehead atoms. The van der Waals surface area contributed by atoms with Crippen LogP contribution >= 0.6 is 0 Å². The van der Waals surface area contributed by atoms with Crippen molar-refractivity contribution in [1.82, 2.24) is 0 Å². The third kappa shape index (κ3) is 1.85. The highest BCUT2D eigenvalue weighted by molar-refractivity contribution is 6.00. The van der Waals surface area contributed by atoms with Gasteiger partial charge in [0.1, 0.15) is 11.5 Å². The van der Waals surface area contributed by atoms with E-state index in [1.807, 2.05) is 12.1 Å². The number of hydrogen-bond donors (Lipinski definition) is 1. The van der Waals surface area contributed by atoms with Crippen LogP contribution in [-0.4, -0.2) is 11.1 Å². The van der Waals surface area contributed by atoms with Gasteiger partial charge >= 0.3 is 5.97 Å². The van der Waals surface area contributed by atoms with Crippen LogP contribution in [0.15, 0.2) is 18.2 Å². The molecule has 1 saturated carbocycles. The maximum atomic E-state index is 11.7. The van der Waals surface area contributed by atoms with Crippen LogP contribution in [0.3, 0.4) is 0 Å². The molecule has 0 heterocycles. The standard InChI is InChI=1S/C20H22O3/c1-4-12-6-5-7-15-16(12)20(23-11(3)21)18-14-9-8-13(10(14)2)17(18)19(15)22/h5-7,10,13-14,22H,4,8-9H2,1-3H3. The van der Waals surface area contributed by atoms with Gasteiger partial charge in [0.2, 0.25) is 0 Å². The Morgan fingerprint density at radius 2 is 1.96 bits per heavy atom. The molecule has 3 atom stereocenters. The Morgan fingerprint density at radius 3 is 2.61 bits per heavy atom. The summed E-state index contributed by atoms with van der Waals surface area (Å²) in [6.07, 6.45) is 3.07. The van der Waals surface area contributed by atoms with E-state index in [4.69, 9.17) is 4.74 Å². The zero-order valence-corrected chi connectivity index (χ0v) is 13.8. The SMILES string of the molecule is CCc1cccc2c(O)c3c(c(OC(C)=O)c12)C1CCC3C1C. The van der Waals surface area contributed by atoms with Crippen LogP contribution in [0.1, 0.15) is 62.1 Å². The molecule has 120 valence electrons. The lowest BCUT2D eigenvalue weighted by atomic mass is 9.86. The summed E-state index contributed by atoms with van der Waals surface area (Å²) in [6.45, 7) is 5.80. The smallest absolute Gasteiger partial charge is 0.308 e. The third-order valence-electron chi connectivity index (χ3n) is 5.85. The van der Waals surface area contributed by atoms with Gasteiger partial charge < -0.3 is 9.84 Å². The van der Waals surface area contributed by atoms with Gasteiger partial charge in [-0.3, -0.25) is 4.79 Å². The summed E-state index contributed by atoms with van der Waals surface area (Å²) in [7, 11) is 0. The number of aryl methyl sites for hydroxylation is 1. The molecule has 1 fully saturated rings. The lowest BCUT2D eigenvalue weighted by Gasteiger charge is -2.23. The zero-order valence-electron chi connectivity index (χ0n) is 13.8. The van der Waals surface area contributed by atoms with Crippen LogP contribution in [0, 0.1) is 5.92 Å². The summed E-state index contributed by atoms with van der Waals surface area (Å²) in [6, 6.07) is 5.97. The maximum Gasteiger partial charge on any atom is 0.308 e. The fraction of sp³-hybridized carbons (Fsp3) is 0.450. The number of hydrogen-bond acceptors (Lipinski definition) is 3. The van der Waals surface area contributed by atoms with Crippen molar-refractivity contribution in [2.24, 2.45) is 5.92 Å². The molecule has 4 rings (SSSR count). The van der Waals surface area contributed by atoms with Crippen molar-refractivity contribution in [3.8, 4) is 11.5 Å². The van der Waals surface area contributed by atoms with E-state index in [1.165, 1.54) is 6.92 Å². The fourth-order valence-corrected chi connectivity index (χ4v) is 4.86. The predicted octanol–water partition coefficient (Wildman–Crippen LogP) is 4.64. The largest absolute Gasteiger partial charge is 0.507 e. The topological polar surface area (TPSA) is 46.5 Å². The number of rotatable bonds is 2. The van der Waals surface area contributed by atoms with E-state index in [2.05, 4.69) is 19.9 Å². The zero-order chi connectivity index (χ0) is 16.3. The van der Waals surface area contributed by atoms with Gasteiger partial charge in [-0.15, -0.1) is 0 Å². The van der Waals surface area contributed by atoms with Gasteiger partial charge in [-0.1, -0.05) is 32.0 Å². The molecule has 3 nitrogen and oxygen atoms in total. The molecule has 3 unspecified atom stereocenters. The van der Waals surface area contributed by atoms with Crippen LogP contribution in [0.25, 0.3) is 10.8 Å². The average Bonchev–Trinajstić information content (AvgIpc) is 3.03. The minimum Gasteiger partial charge on any atom is -0.507 e. The van der Waals surface area contributed by atoms with Gasteiger partial charge in [-0.25, -0.2) is 0 Å².